The van der Waals surface area contributed by atoms with Crippen LogP contribution in [-0.4, -0.2) is 15.0 Å². The molecule has 152 valence electrons. The Hall–Kier alpha value is -3.45. The molecule has 0 unspecified atom stereocenters. The molecular weight excluding hydrogens is 398 g/mol. The van der Waals surface area contributed by atoms with Crippen LogP contribution in [0.4, 0.5) is 0 Å². The summed E-state index contributed by atoms with van der Waals surface area (Å²) >= 11 is 1.59. The third-order valence-corrected chi connectivity index (χ3v) is 5.86. The minimum absolute atomic E-state index is 0.147. The van der Waals surface area contributed by atoms with Crippen LogP contribution in [0.2, 0.25) is 0 Å². The molecule has 0 atom stereocenters. The summed E-state index contributed by atoms with van der Waals surface area (Å²) in [5, 5.41) is 5.24. The lowest BCUT2D eigenvalue weighted by molar-refractivity contribution is -0.121. The fourth-order valence-corrected chi connectivity index (χ4v) is 4.09. The van der Waals surface area contributed by atoms with Gasteiger partial charge in [0.05, 0.1) is 10.9 Å². The molecule has 30 heavy (non-hydrogen) atoms. The van der Waals surface area contributed by atoms with Gasteiger partial charge in [-0.2, -0.15) is 0 Å². The third kappa shape index (κ3) is 4.26. The first-order chi connectivity index (χ1) is 14.6. The van der Waals surface area contributed by atoms with Gasteiger partial charge in [0.15, 0.2) is 0 Å². The van der Waals surface area contributed by atoms with E-state index in [0.717, 1.165) is 10.4 Å². The summed E-state index contributed by atoms with van der Waals surface area (Å²) in [5.41, 5.74) is 0.650. The SMILES string of the molecule is O=C(Cn1c(=O)n(CCc2cccs2)c(=O)c2ccccc21)NCc1ccccc1. The number of aromatic nitrogens is 2. The second-order valence-electron chi connectivity index (χ2n) is 6.93. The second kappa shape index (κ2) is 8.92. The lowest BCUT2D eigenvalue weighted by atomic mass is 10.2. The van der Waals surface area contributed by atoms with Crippen molar-refractivity contribution in [1.29, 1.82) is 0 Å². The Balaban J connectivity index is 1.63. The summed E-state index contributed by atoms with van der Waals surface area (Å²) in [5.74, 6) is -0.283. The number of carbonyl (C=O) groups excluding carboxylic acids is 1. The molecule has 0 aliphatic carbocycles. The maximum Gasteiger partial charge on any atom is 0.331 e. The molecule has 2 heterocycles. The predicted molar refractivity (Wildman–Crippen MR) is 119 cm³/mol. The molecule has 0 spiro atoms. The van der Waals surface area contributed by atoms with Crippen LogP contribution in [0.5, 0.6) is 0 Å². The van der Waals surface area contributed by atoms with Crippen molar-refractivity contribution >= 4 is 28.1 Å². The Morgan fingerprint density at radius 2 is 1.67 bits per heavy atom. The molecule has 1 N–H and O–H groups in total. The van der Waals surface area contributed by atoms with Crippen LogP contribution < -0.4 is 16.6 Å². The summed E-state index contributed by atoms with van der Waals surface area (Å²) in [6.07, 6.45) is 0.589. The second-order valence-corrected chi connectivity index (χ2v) is 7.97. The maximum absolute atomic E-state index is 13.1. The van der Waals surface area contributed by atoms with Gasteiger partial charge in [-0.3, -0.25) is 18.7 Å². The largest absolute Gasteiger partial charge is 0.350 e. The average molecular weight is 420 g/mol. The van der Waals surface area contributed by atoms with Crippen molar-refractivity contribution in [2.75, 3.05) is 0 Å². The molecule has 1 amide bonds. The van der Waals surface area contributed by atoms with Crippen molar-refractivity contribution in [1.82, 2.24) is 14.5 Å². The fourth-order valence-electron chi connectivity index (χ4n) is 3.39. The van der Waals surface area contributed by atoms with E-state index in [4.69, 9.17) is 0 Å². The molecular formula is C23H21N3O3S. The van der Waals surface area contributed by atoms with Crippen molar-refractivity contribution in [2.45, 2.75) is 26.1 Å². The zero-order chi connectivity index (χ0) is 20.9. The highest BCUT2D eigenvalue weighted by atomic mass is 32.1. The summed E-state index contributed by atoms with van der Waals surface area (Å²) in [7, 11) is 0. The number of hydrogen-bond donors (Lipinski definition) is 1. The first kappa shape index (κ1) is 19.8. The monoisotopic (exact) mass is 419 g/mol. The predicted octanol–water partition coefficient (Wildman–Crippen LogP) is 2.78. The van der Waals surface area contributed by atoms with Gasteiger partial charge < -0.3 is 5.32 Å². The van der Waals surface area contributed by atoms with E-state index in [2.05, 4.69) is 5.32 Å². The van der Waals surface area contributed by atoms with E-state index in [1.807, 2.05) is 47.8 Å². The molecule has 4 rings (SSSR count). The van der Waals surface area contributed by atoms with E-state index < -0.39 is 5.69 Å². The Morgan fingerprint density at radius 3 is 2.43 bits per heavy atom. The van der Waals surface area contributed by atoms with Crippen LogP contribution in [0.3, 0.4) is 0 Å². The first-order valence-electron chi connectivity index (χ1n) is 9.69. The van der Waals surface area contributed by atoms with Gasteiger partial charge in [0.2, 0.25) is 5.91 Å². The number of amides is 1. The molecule has 0 aliphatic heterocycles. The molecule has 7 heteroatoms. The summed E-state index contributed by atoms with van der Waals surface area (Å²) in [4.78, 5) is 39.7. The quantitative estimate of drug-likeness (QED) is 0.501. The molecule has 6 nitrogen and oxygen atoms in total. The molecule has 2 aromatic heterocycles. The van der Waals surface area contributed by atoms with Crippen molar-refractivity contribution < 1.29 is 4.79 Å². The number of nitrogens with one attached hydrogen (secondary N) is 1. The van der Waals surface area contributed by atoms with E-state index in [9.17, 15) is 14.4 Å². The summed E-state index contributed by atoms with van der Waals surface area (Å²) < 4.78 is 2.61. The van der Waals surface area contributed by atoms with E-state index in [-0.39, 0.29) is 24.6 Å². The van der Waals surface area contributed by atoms with Gasteiger partial charge in [0, 0.05) is 18.0 Å². The molecule has 2 aromatic carbocycles. The Bertz CT molecular complexity index is 1270. The molecule has 0 fully saturated rings. The molecule has 0 radical (unpaired) electrons. The molecule has 0 saturated heterocycles. The smallest absolute Gasteiger partial charge is 0.331 e. The number of thiophene rings is 1. The zero-order valence-corrected chi connectivity index (χ0v) is 17.1. The van der Waals surface area contributed by atoms with Gasteiger partial charge in [0.1, 0.15) is 6.54 Å². The van der Waals surface area contributed by atoms with Crippen LogP contribution in [0, 0.1) is 0 Å². The summed E-state index contributed by atoms with van der Waals surface area (Å²) in [6.45, 7) is 0.504. The highest BCUT2D eigenvalue weighted by Crippen LogP contribution is 2.11. The first-order valence-corrected chi connectivity index (χ1v) is 10.6. The van der Waals surface area contributed by atoms with E-state index in [0.29, 0.717) is 23.9 Å². The van der Waals surface area contributed by atoms with Gasteiger partial charge in [-0.25, -0.2) is 4.79 Å². The molecule has 0 bridgehead atoms. The standard InChI is InChI=1S/C23H21N3O3S/c27-21(24-15-17-7-2-1-3-8-17)16-26-20-11-5-4-10-19(20)22(28)25(23(26)29)13-12-18-9-6-14-30-18/h1-11,14H,12-13,15-16H2,(H,24,27). The minimum Gasteiger partial charge on any atom is -0.350 e. The number of para-hydroxylation sites is 1. The van der Waals surface area contributed by atoms with Crippen LogP contribution in [0.25, 0.3) is 10.9 Å². The number of aryl methyl sites for hydroxylation is 1. The average Bonchev–Trinajstić information content (AvgIpc) is 3.29. The number of hydrogen-bond acceptors (Lipinski definition) is 4. The van der Waals surface area contributed by atoms with Crippen LogP contribution in [0.15, 0.2) is 81.7 Å². The van der Waals surface area contributed by atoms with E-state index in [1.165, 1.54) is 9.13 Å². The number of benzene rings is 2. The van der Waals surface area contributed by atoms with Crippen LogP contribution in [0.1, 0.15) is 10.4 Å². The van der Waals surface area contributed by atoms with Gasteiger partial charge in [-0.05, 0) is 35.6 Å². The third-order valence-electron chi connectivity index (χ3n) is 4.93. The Labute approximate surface area is 177 Å². The molecule has 0 aliphatic rings. The van der Waals surface area contributed by atoms with Crippen molar-refractivity contribution in [3.63, 3.8) is 0 Å². The number of carbonyl (C=O) groups is 1. The molecule has 4 aromatic rings. The Kier molecular flexibility index (Phi) is 5.90. The fraction of sp³-hybridized carbons (Fsp3) is 0.174. The van der Waals surface area contributed by atoms with E-state index in [1.54, 1.807) is 35.6 Å². The van der Waals surface area contributed by atoms with Crippen LogP contribution in [-0.2, 0) is 30.8 Å². The number of rotatable bonds is 7. The Morgan fingerprint density at radius 1 is 0.900 bits per heavy atom. The van der Waals surface area contributed by atoms with Gasteiger partial charge in [-0.15, -0.1) is 11.3 Å². The van der Waals surface area contributed by atoms with Crippen molar-refractivity contribution in [3.8, 4) is 0 Å². The topological polar surface area (TPSA) is 73.1 Å². The minimum atomic E-state index is -0.467. The normalized spacial score (nSPS) is 10.9. The van der Waals surface area contributed by atoms with Gasteiger partial charge in [-0.1, -0.05) is 48.5 Å². The highest BCUT2D eigenvalue weighted by molar-refractivity contribution is 7.09. The lowest BCUT2D eigenvalue weighted by Crippen LogP contribution is -2.42. The van der Waals surface area contributed by atoms with Crippen LogP contribution >= 0.6 is 11.3 Å². The van der Waals surface area contributed by atoms with E-state index >= 15 is 0 Å². The summed E-state index contributed by atoms with van der Waals surface area (Å²) in [6, 6.07) is 20.4. The van der Waals surface area contributed by atoms with Gasteiger partial charge >= 0.3 is 5.69 Å². The van der Waals surface area contributed by atoms with Crippen molar-refractivity contribution in [2.24, 2.45) is 0 Å². The van der Waals surface area contributed by atoms with Gasteiger partial charge in [0.25, 0.3) is 5.56 Å². The molecule has 0 saturated carbocycles. The highest BCUT2D eigenvalue weighted by Gasteiger charge is 2.15. The number of nitrogens with zero attached hydrogens (tertiary/aromatic N) is 2. The lowest BCUT2D eigenvalue weighted by Gasteiger charge is -2.14. The maximum atomic E-state index is 13.1. The number of fused-ring (bicyclic) bond motifs is 1. The van der Waals surface area contributed by atoms with Crippen molar-refractivity contribution in [3.05, 3.63) is 103 Å². The zero-order valence-electron chi connectivity index (χ0n) is 16.3.